The van der Waals surface area contributed by atoms with Gasteiger partial charge in [0.25, 0.3) is 5.56 Å². The molecule has 2 heterocycles. The Morgan fingerprint density at radius 3 is 2.60 bits per heavy atom. The van der Waals surface area contributed by atoms with Crippen LogP contribution in [0.2, 0.25) is 0 Å². The number of carbonyl (C=O) groups excluding carboxylic acids is 1. The third-order valence-electron chi connectivity index (χ3n) is 4.18. The number of anilines is 1. The highest BCUT2D eigenvalue weighted by Crippen LogP contribution is 2.14. The van der Waals surface area contributed by atoms with E-state index in [4.69, 9.17) is 0 Å². The van der Waals surface area contributed by atoms with Crippen molar-refractivity contribution in [1.82, 2.24) is 14.3 Å². The molecular weight excluding hydrogens is 316 g/mol. The van der Waals surface area contributed by atoms with E-state index in [0.29, 0.717) is 24.2 Å². The van der Waals surface area contributed by atoms with Crippen molar-refractivity contribution in [2.24, 2.45) is 7.05 Å². The average Bonchev–Trinajstić information content (AvgIpc) is 2.85. The molecular formula is C19H20N4O2. The summed E-state index contributed by atoms with van der Waals surface area (Å²) in [6, 6.07) is 13.1. The van der Waals surface area contributed by atoms with Crippen molar-refractivity contribution in [3.05, 3.63) is 76.5 Å². The lowest BCUT2D eigenvalue weighted by atomic mass is 10.1. The number of para-hydroxylation sites is 1. The molecule has 128 valence electrons. The minimum atomic E-state index is -0.235. The highest BCUT2D eigenvalue weighted by molar-refractivity contribution is 5.91. The van der Waals surface area contributed by atoms with E-state index in [1.807, 2.05) is 49.4 Å². The molecule has 0 atom stereocenters. The van der Waals surface area contributed by atoms with E-state index in [2.05, 4.69) is 10.3 Å². The molecule has 0 saturated carbocycles. The first-order chi connectivity index (χ1) is 12.1. The number of aryl methyl sites for hydroxylation is 1. The molecule has 25 heavy (non-hydrogen) atoms. The Balaban J connectivity index is 1.79. The Morgan fingerprint density at radius 1 is 1.16 bits per heavy atom. The number of rotatable bonds is 5. The molecule has 3 rings (SSSR count). The summed E-state index contributed by atoms with van der Waals surface area (Å²) in [5, 5.41) is 2.77. The minimum absolute atomic E-state index is 0.185. The fourth-order valence-corrected chi connectivity index (χ4v) is 2.72. The van der Waals surface area contributed by atoms with Crippen LogP contribution < -0.4 is 10.9 Å². The second-order valence-corrected chi connectivity index (χ2v) is 5.85. The van der Waals surface area contributed by atoms with Gasteiger partial charge in [0.15, 0.2) is 0 Å². The molecule has 0 aliphatic rings. The standard InChI is InChI=1S/C19H20N4O2/c1-14-18(21-17(24)11-10-15-7-6-12-20-13-15)19(25)23(22(14)2)16-8-4-3-5-9-16/h3-9,12-13H,10-11H2,1-2H3,(H,21,24). The fraction of sp³-hybridized carbons (Fsp3) is 0.211. The number of benzene rings is 1. The average molecular weight is 336 g/mol. The summed E-state index contributed by atoms with van der Waals surface area (Å²) >= 11 is 0. The van der Waals surface area contributed by atoms with Crippen LogP contribution in [-0.4, -0.2) is 20.3 Å². The van der Waals surface area contributed by atoms with Gasteiger partial charge in [-0.05, 0) is 37.1 Å². The van der Waals surface area contributed by atoms with Crippen molar-refractivity contribution >= 4 is 11.6 Å². The first-order valence-electron chi connectivity index (χ1n) is 8.10. The van der Waals surface area contributed by atoms with Crippen molar-refractivity contribution in [3.8, 4) is 5.69 Å². The Bertz CT molecular complexity index is 927. The van der Waals surface area contributed by atoms with Gasteiger partial charge in [-0.3, -0.25) is 19.3 Å². The van der Waals surface area contributed by atoms with Crippen LogP contribution >= 0.6 is 0 Å². The number of hydrogen-bond donors (Lipinski definition) is 1. The summed E-state index contributed by atoms with van der Waals surface area (Å²) < 4.78 is 3.29. The van der Waals surface area contributed by atoms with Gasteiger partial charge >= 0.3 is 0 Å². The first-order valence-corrected chi connectivity index (χ1v) is 8.10. The maximum atomic E-state index is 12.7. The molecule has 2 aromatic heterocycles. The van der Waals surface area contributed by atoms with Gasteiger partial charge in [-0.25, -0.2) is 4.68 Å². The van der Waals surface area contributed by atoms with Crippen LogP contribution in [0.15, 0.2) is 59.7 Å². The molecule has 0 aliphatic carbocycles. The highest BCUT2D eigenvalue weighted by atomic mass is 16.2. The van der Waals surface area contributed by atoms with Gasteiger partial charge in [0.05, 0.1) is 11.4 Å². The van der Waals surface area contributed by atoms with Crippen molar-refractivity contribution in [2.75, 3.05) is 5.32 Å². The number of nitrogens with one attached hydrogen (secondary N) is 1. The predicted molar refractivity (Wildman–Crippen MR) is 96.9 cm³/mol. The number of aromatic nitrogens is 3. The third kappa shape index (κ3) is 3.52. The summed E-state index contributed by atoms with van der Waals surface area (Å²) in [5.41, 5.74) is 2.55. The van der Waals surface area contributed by atoms with Gasteiger partial charge in [-0.1, -0.05) is 24.3 Å². The number of pyridine rings is 1. The van der Waals surface area contributed by atoms with Crippen molar-refractivity contribution in [2.45, 2.75) is 19.8 Å². The molecule has 3 aromatic rings. The molecule has 0 radical (unpaired) electrons. The number of hydrogen-bond acceptors (Lipinski definition) is 3. The van der Waals surface area contributed by atoms with E-state index in [-0.39, 0.29) is 11.5 Å². The monoisotopic (exact) mass is 336 g/mol. The molecule has 1 amide bonds. The molecule has 0 unspecified atom stereocenters. The van der Waals surface area contributed by atoms with Gasteiger partial charge in [-0.15, -0.1) is 0 Å². The zero-order valence-electron chi connectivity index (χ0n) is 14.3. The zero-order chi connectivity index (χ0) is 17.8. The largest absolute Gasteiger partial charge is 0.320 e. The highest BCUT2D eigenvalue weighted by Gasteiger charge is 2.17. The fourth-order valence-electron chi connectivity index (χ4n) is 2.72. The Morgan fingerprint density at radius 2 is 1.92 bits per heavy atom. The summed E-state index contributed by atoms with van der Waals surface area (Å²) in [7, 11) is 1.80. The van der Waals surface area contributed by atoms with Gasteiger partial charge in [0.2, 0.25) is 5.91 Å². The maximum absolute atomic E-state index is 12.7. The Kier molecular flexibility index (Phi) is 4.79. The summed E-state index contributed by atoms with van der Waals surface area (Å²) in [6.07, 6.45) is 4.32. The quantitative estimate of drug-likeness (QED) is 0.778. The molecule has 0 spiro atoms. The van der Waals surface area contributed by atoms with Crippen LogP contribution in [0.5, 0.6) is 0 Å². The molecule has 6 nitrogen and oxygen atoms in total. The van der Waals surface area contributed by atoms with Crippen LogP contribution in [0.1, 0.15) is 17.7 Å². The molecule has 0 aliphatic heterocycles. The van der Waals surface area contributed by atoms with Gasteiger partial charge in [0, 0.05) is 25.9 Å². The van der Waals surface area contributed by atoms with Crippen molar-refractivity contribution in [1.29, 1.82) is 0 Å². The van der Waals surface area contributed by atoms with E-state index in [9.17, 15) is 9.59 Å². The summed E-state index contributed by atoms with van der Waals surface area (Å²) in [5.74, 6) is -0.185. The molecule has 0 bridgehead atoms. The van der Waals surface area contributed by atoms with E-state index < -0.39 is 0 Å². The molecule has 0 fully saturated rings. The van der Waals surface area contributed by atoms with Crippen LogP contribution in [0.25, 0.3) is 5.69 Å². The van der Waals surface area contributed by atoms with E-state index >= 15 is 0 Å². The summed E-state index contributed by atoms with van der Waals surface area (Å²) in [4.78, 5) is 29.0. The first kappa shape index (κ1) is 16.7. The van der Waals surface area contributed by atoms with Crippen LogP contribution in [0, 0.1) is 6.92 Å². The topological polar surface area (TPSA) is 68.9 Å². The lowest BCUT2D eigenvalue weighted by Crippen LogP contribution is -2.23. The molecule has 6 heteroatoms. The van der Waals surface area contributed by atoms with Crippen LogP contribution in [0.4, 0.5) is 5.69 Å². The zero-order valence-corrected chi connectivity index (χ0v) is 14.3. The van der Waals surface area contributed by atoms with E-state index in [1.54, 1.807) is 28.8 Å². The van der Waals surface area contributed by atoms with Crippen LogP contribution in [0.3, 0.4) is 0 Å². The van der Waals surface area contributed by atoms with Crippen molar-refractivity contribution < 1.29 is 4.79 Å². The number of nitrogens with zero attached hydrogens (tertiary/aromatic N) is 3. The second-order valence-electron chi connectivity index (χ2n) is 5.85. The van der Waals surface area contributed by atoms with Crippen molar-refractivity contribution in [3.63, 3.8) is 0 Å². The van der Waals surface area contributed by atoms with Gasteiger partial charge < -0.3 is 5.32 Å². The smallest absolute Gasteiger partial charge is 0.295 e. The molecule has 1 N–H and O–H groups in total. The van der Waals surface area contributed by atoms with Gasteiger partial charge in [-0.2, -0.15) is 0 Å². The van der Waals surface area contributed by atoms with Crippen LogP contribution in [-0.2, 0) is 18.3 Å². The molecule has 0 saturated heterocycles. The lowest BCUT2D eigenvalue weighted by molar-refractivity contribution is -0.116. The maximum Gasteiger partial charge on any atom is 0.295 e. The normalized spacial score (nSPS) is 10.6. The minimum Gasteiger partial charge on any atom is -0.320 e. The second kappa shape index (κ2) is 7.17. The predicted octanol–water partition coefficient (Wildman–Crippen LogP) is 2.45. The van der Waals surface area contributed by atoms with E-state index in [0.717, 1.165) is 11.3 Å². The number of carbonyl (C=O) groups is 1. The third-order valence-corrected chi connectivity index (χ3v) is 4.18. The van der Waals surface area contributed by atoms with Gasteiger partial charge in [0.1, 0.15) is 5.69 Å². The number of amides is 1. The SMILES string of the molecule is Cc1c(NC(=O)CCc2cccnc2)c(=O)n(-c2ccccc2)n1C. The Hall–Kier alpha value is -3.15. The Labute approximate surface area is 145 Å². The summed E-state index contributed by atoms with van der Waals surface area (Å²) in [6.45, 7) is 1.82. The van der Waals surface area contributed by atoms with E-state index in [1.165, 1.54) is 0 Å². The lowest BCUT2D eigenvalue weighted by Gasteiger charge is -2.07. The molecule has 1 aromatic carbocycles.